The van der Waals surface area contributed by atoms with Crippen molar-refractivity contribution in [2.24, 2.45) is 5.92 Å². The molecule has 0 saturated carbocycles. The lowest BCUT2D eigenvalue weighted by molar-refractivity contribution is 0.0475. The van der Waals surface area contributed by atoms with Gasteiger partial charge in [-0.15, -0.1) is 0 Å². The van der Waals surface area contributed by atoms with Gasteiger partial charge in [0.2, 0.25) is 0 Å². The molecule has 0 radical (unpaired) electrons. The van der Waals surface area contributed by atoms with Gasteiger partial charge in [-0.25, -0.2) is 0 Å². The van der Waals surface area contributed by atoms with Gasteiger partial charge in [-0.2, -0.15) is 0 Å². The van der Waals surface area contributed by atoms with E-state index in [-0.39, 0.29) is 23.8 Å². The van der Waals surface area contributed by atoms with Crippen LogP contribution in [0.1, 0.15) is 63.7 Å². The predicted molar refractivity (Wildman–Crippen MR) is 95.1 cm³/mol. The number of nitrogens with zero attached hydrogens (tertiary/aromatic N) is 2. The maximum Gasteiger partial charge on any atom is 0.261 e. The van der Waals surface area contributed by atoms with Crippen molar-refractivity contribution >= 4 is 17.7 Å². The summed E-state index contributed by atoms with van der Waals surface area (Å²) in [6.07, 6.45) is 3.76. The van der Waals surface area contributed by atoms with Crippen molar-refractivity contribution in [2.75, 3.05) is 26.2 Å². The van der Waals surface area contributed by atoms with Gasteiger partial charge in [0.1, 0.15) is 0 Å². The average molecular weight is 356 g/mol. The van der Waals surface area contributed by atoms with Crippen LogP contribution in [0.2, 0.25) is 0 Å². The molecular formula is C20H24N2O4. The van der Waals surface area contributed by atoms with Crippen LogP contribution in [0.15, 0.2) is 18.2 Å². The van der Waals surface area contributed by atoms with Gasteiger partial charge in [-0.1, -0.05) is 6.92 Å². The summed E-state index contributed by atoms with van der Waals surface area (Å²) >= 11 is 0. The Balaban J connectivity index is 1.52. The first-order chi connectivity index (χ1) is 12.5. The Morgan fingerprint density at radius 3 is 2.54 bits per heavy atom. The summed E-state index contributed by atoms with van der Waals surface area (Å²) in [5.74, 6) is -0.0177. The Morgan fingerprint density at radius 1 is 1.12 bits per heavy atom. The number of hydrogen-bond donors (Lipinski definition) is 0. The summed E-state index contributed by atoms with van der Waals surface area (Å²) in [5.41, 5.74) is 1.21. The molecule has 0 aromatic heterocycles. The highest BCUT2D eigenvalue weighted by Gasteiger charge is 2.38. The molecule has 6 nitrogen and oxygen atoms in total. The summed E-state index contributed by atoms with van der Waals surface area (Å²) in [6, 6.07) is 4.87. The molecule has 0 N–H and O–H groups in total. The van der Waals surface area contributed by atoms with Gasteiger partial charge in [0.15, 0.2) is 0 Å². The number of ether oxygens (including phenoxy) is 1. The molecule has 138 valence electrons. The molecule has 4 rings (SSSR count). The molecule has 2 fully saturated rings. The molecule has 3 amide bonds. The van der Waals surface area contributed by atoms with Gasteiger partial charge in [0, 0.05) is 25.3 Å². The van der Waals surface area contributed by atoms with Crippen LogP contribution in [0, 0.1) is 5.92 Å². The van der Waals surface area contributed by atoms with Crippen molar-refractivity contribution in [3.8, 4) is 0 Å². The number of imide groups is 1. The summed E-state index contributed by atoms with van der Waals surface area (Å²) in [7, 11) is 0. The van der Waals surface area contributed by atoms with Crippen molar-refractivity contribution in [1.82, 2.24) is 9.80 Å². The highest BCUT2D eigenvalue weighted by molar-refractivity contribution is 6.22. The molecular weight excluding hydrogens is 332 g/mol. The van der Waals surface area contributed by atoms with Crippen LogP contribution in [-0.2, 0) is 4.74 Å². The third-order valence-electron chi connectivity index (χ3n) is 5.70. The molecule has 0 aliphatic carbocycles. The predicted octanol–water partition coefficient (Wildman–Crippen LogP) is 2.33. The number of carbonyl (C=O) groups is 3. The zero-order chi connectivity index (χ0) is 18.3. The fourth-order valence-corrected chi connectivity index (χ4v) is 3.98. The molecule has 3 aliphatic rings. The maximum absolute atomic E-state index is 12.8. The molecule has 6 heteroatoms. The van der Waals surface area contributed by atoms with Crippen molar-refractivity contribution in [3.05, 3.63) is 34.9 Å². The number of benzene rings is 1. The maximum atomic E-state index is 12.8. The fourth-order valence-electron chi connectivity index (χ4n) is 3.98. The Morgan fingerprint density at radius 2 is 1.85 bits per heavy atom. The van der Waals surface area contributed by atoms with Crippen LogP contribution in [0.5, 0.6) is 0 Å². The molecule has 3 heterocycles. The number of piperidine rings is 1. The normalized spacial score (nSPS) is 23.7. The third-order valence-corrected chi connectivity index (χ3v) is 5.70. The lowest BCUT2D eigenvalue weighted by Crippen LogP contribution is -2.38. The minimum absolute atomic E-state index is 0.0578. The van der Waals surface area contributed by atoms with Gasteiger partial charge in [0.25, 0.3) is 17.7 Å². The Hall–Kier alpha value is -2.21. The van der Waals surface area contributed by atoms with Crippen molar-refractivity contribution in [1.29, 1.82) is 0 Å². The van der Waals surface area contributed by atoms with Crippen molar-refractivity contribution < 1.29 is 19.1 Å². The van der Waals surface area contributed by atoms with E-state index in [2.05, 4.69) is 6.92 Å². The Kier molecular flexibility index (Phi) is 4.53. The molecule has 0 spiro atoms. The van der Waals surface area contributed by atoms with Gasteiger partial charge < -0.3 is 9.64 Å². The lowest BCUT2D eigenvalue weighted by Gasteiger charge is -2.30. The average Bonchev–Trinajstić information content (AvgIpc) is 3.25. The van der Waals surface area contributed by atoms with E-state index < -0.39 is 0 Å². The summed E-state index contributed by atoms with van der Waals surface area (Å²) in [6.45, 7) is 4.66. The van der Waals surface area contributed by atoms with Gasteiger partial charge in [-0.05, 0) is 49.8 Å². The zero-order valence-corrected chi connectivity index (χ0v) is 15.1. The first-order valence-corrected chi connectivity index (χ1v) is 9.45. The first kappa shape index (κ1) is 17.2. The summed E-state index contributed by atoms with van der Waals surface area (Å²) in [5, 5.41) is 0. The van der Waals surface area contributed by atoms with E-state index in [1.165, 1.54) is 4.90 Å². The monoisotopic (exact) mass is 356 g/mol. The van der Waals surface area contributed by atoms with Crippen molar-refractivity contribution in [2.45, 2.75) is 38.7 Å². The standard InChI is InChI=1S/C20H24N2O4/c1-13-6-8-21(9-7-13)18(23)14-4-5-16-17(11-14)20(25)22(19(16)24)12-15-3-2-10-26-15/h4-5,11,13,15H,2-3,6-10,12H2,1H3. The molecule has 0 bridgehead atoms. The fraction of sp³-hybridized carbons (Fsp3) is 0.550. The summed E-state index contributed by atoms with van der Waals surface area (Å²) in [4.78, 5) is 41.1. The minimum atomic E-state index is -0.317. The van der Waals surface area contributed by atoms with E-state index in [4.69, 9.17) is 4.74 Å². The second kappa shape index (κ2) is 6.83. The number of carbonyl (C=O) groups excluding carboxylic acids is 3. The Bertz CT molecular complexity index is 746. The van der Waals surface area contributed by atoms with Gasteiger partial charge >= 0.3 is 0 Å². The molecule has 1 unspecified atom stereocenters. The van der Waals surface area contributed by atoms with Crippen LogP contribution in [0.4, 0.5) is 0 Å². The number of amides is 3. The van der Waals surface area contributed by atoms with Crippen LogP contribution in [-0.4, -0.2) is 59.9 Å². The third kappa shape index (κ3) is 3.03. The molecule has 3 aliphatic heterocycles. The zero-order valence-electron chi connectivity index (χ0n) is 15.1. The van der Waals surface area contributed by atoms with Crippen LogP contribution >= 0.6 is 0 Å². The van der Waals surface area contributed by atoms with E-state index in [1.54, 1.807) is 18.2 Å². The lowest BCUT2D eigenvalue weighted by atomic mass is 9.98. The van der Waals surface area contributed by atoms with Gasteiger partial charge in [0.05, 0.1) is 23.8 Å². The second-order valence-corrected chi connectivity index (χ2v) is 7.59. The quantitative estimate of drug-likeness (QED) is 0.780. The first-order valence-electron chi connectivity index (χ1n) is 9.45. The minimum Gasteiger partial charge on any atom is -0.376 e. The second-order valence-electron chi connectivity index (χ2n) is 7.59. The smallest absolute Gasteiger partial charge is 0.261 e. The Labute approximate surface area is 153 Å². The highest BCUT2D eigenvalue weighted by atomic mass is 16.5. The van der Waals surface area contributed by atoms with Gasteiger partial charge in [-0.3, -0.25) is 19.3 Å². The largest absolute Gasteiger partial charge is 0.376 e. The van der Waals surface area contributed by atoms with Crippen LogP contribution in [0.3, 0.4) is 0 Å². The molecule has 1 aromatic rings. The number of hydrogen-bond acceptors (Lipinski definition) is 4. The van der Waals surface area contributed by atoms with E-state index >= 15 is 0 Å². The molecule has 1 atom stereocenters. The van der Waals surface area contributed by atoms with Crippen LogP contribution in [0.25, 0.3) is 0 Å². The highest BCUT2D eigenvalue weighted by Crippen LogP contribution is 2.27. The van der Waals surface area contributed by atoms with E-state index in [0.29, 0.717) is 35.8 Å². The number of fused-ring (bicyclic) bond motifs is 1. The SMILES string of the molecule is CC1CCN(C(=O)c2ccc3c(c2)C(=O)N(CC2CCCO2)C3=O)CC1. The van der Waals surface area contributed by atoms with E-state index in [1.807, 2.05) is 4.90 Å². The molecule has 2 saturated heterocycles. The van der Waals surface area contributed by atoms with Crippen molar-refractivity contribution in [3.63, 3.8) is 0 Å². The topological polar surface area (TPSA) is 66.9 Å². The number of likely N-dealkylation sites (tertiary alicyclic amines) is 1. The molecule has 26 heavy (non-hydrogen) atoms. The van der Waals surface area contributed by atoms with E-state index in [9.17, 15) is 14.4 Å². The van der Waals surface area contributed by atoms with E-state index in [0.717, 1.165) is 38.8 Å². The number of rotatable bonds is 3. The summed E-state index contributed by atoms with van der Waals surface area (Å²) < 4.78 is 5.55. The van der Waals surface area contributed by atoms with Crippen LogP contribution < -0.4 is 0 Å². The molecule has 1 aromatic carbocycles.